The average molecular weight is 419 g/mol. The molecule has 1 saturated heterocycles. The van der Waals surface area contributed by atoms with Crippen molar-refractivity contribution in [1.82, 2.24) is 4.98 Å². The van der Waals surface area contributed by atoms with Gasteiger partial charge in [-0.3, -0.25) is 29.6 Å². The first-order valence-corrected chi connectivity index (χ1v) is 9.10. The molecule has 1 unspecified atom stereocenters. The number of carbonyl (C=O) groups excluding carboxylic acids is 2. The van der Waals surface area contributed by atoms with Crippen molar-refractivity contribution in [1.29, 1.82) is 0 Å². The molecule has 0 bridgehead atoms. The Balaban J connectivity index is 1.93. The minimum atomic E-state index is -1.06. The lowest BCUT2D eigenvalue weighted by Crippen LogP contribution is -2.29. The largest absolute Gasteiger partial charge is 0.507 e. The van der Waals surface area contributed by atoms with Crippen LogP contribution in [-0.2, 0) is 9.59 Å². The maximum Gasteiger partial charge on any atom is 0.300 e. The first kappa shape index (κ1) is 19.9. The highest BCUT2D eigenvalue weighted by atomic mass is 19.1. The highest BCUT2D eigenvalue weighted by Crippen LogP contribution is 2.42. The van der Waals surface area contributed by atoms with E-state index in [2.05, 4.69) is 4.98 Å². The number of halogens is 1. The average Bonchev–Trinajstić information content (AvgIpc) is 3.05. The third-order valence-electron chi connectivity index (χ3n) is 4.88. The summed E-state index contributed by atoms with van der Waals surface area (Å²) in [5, 5.41) is 22.0. The van der Waals surface area contributed by atoms with Gasteiger partial charge in [-0.1, -0.05) is 18.2 Å². The molecule has 0 aliphatic carbocycles. The molecule has 9 heteroatoms. The molecule has 1 N–H and O–H groups in total. The zero-order valence-corrected chi connectivity index (χ0v) is 15.8. The number of benzene rings is 2. The van der Waals surface area contributed by atoms with Gasteiger partial charge in [0.2, 0.25) is 0 Å². The first-order chi connectivity index (χ1) is 14.9. The molecule has 8 nitrogen and oxygen atoms in total. The van der Waals surface area contributed by atoms with Crippen molar-refractivity contribution < 1.29 is 24.0 Å². The van der Waals surface area contributed by atoms with Crippen LogP contribution in [0.2, 0.25) is 0 Å². The zero-order valence-electron chi connectivity index (χ0n) is 15.8. The number of hydrogen-bond acceptors (Lipinski definition) is 6. The summed E-state index contributed by atoms with van der Waals surface area (Å²) in [6, 6.07) is 12.3. The maximum absolute atomic E-state index is 13.4. The number of ketones is 1. The lowest BCUT2D eigenvalue weighted by Gasteiger charge is -2.25. The smallest absolute Gasteiger partial charge is 0.300 e. The number of pyridine rings is 1. The number of nitrogens with zero attached hydrogens (tertiary/aromatic N) is 3. The van der Waals surface area contributed by atoms with E-state index in [0.717, 1.165) is 23.1 Å². The monoisotopic (exact) mass is 419 g/mol. The van der Waals surface area contributed by atoms with E-state index in [4.69, 9.17) is 0 Å². The quantitative estimate of drug-likeness (QED) is 0.226. The van der Waals surface area contributed by atoms with Crippen LogP contribution in [0, 0.1) is 15.9 Å². The summed E-state index contributed by atoms with van der Waals surface area (Å²) < 4.78 is 13.4. The SMILES string of the molecule is O=C1C(=O)N(c2ccc(F)cc2)C(c2cccnc2)/C1=C(/O)c1cccc([N+](=O)[O-])c1. The van der Waals surface area contributed by atoms with E-state index < -0.39 is 34.2 Å². The lowest BCUT2D eigenvalue weighted by molar-refractivity contribution is -0.384. The maximum atomic E-state index is 13.4. The molecule has 2 aromatic carbocycles. The number of hydrogen-bond donors (Lipinski definition) is 1. The molecule has 1 aromatic heterocycles. The predicted molar refractivity (Wildman–Crippen MR) is 109 cm³/mol. The first-order valence-electron chi connectivity index (χ1n) is 9.10. The fraction of sp³-hybridized carbons (Fsp3) is 0.0455. The Morgan fingerprint density at radius 1 is 1.10 bits per heavy atom. The van der Waals surface area contributed by atoms with Gasteiger partial charge in [0.1, 0.15) is 11.6 Å². The van der Waals surface area contributed by atoms with Gasteiger partial charge in [0, 0.05) is 35.8 Å². The summed E-state index contributed by atoms with van der Waals surface area (Å²) in [5.74, 6) is -2.97. The van der Waals surface area contributed by atoms with Crippen LogP contribution >= 0.6 is 0 Å². The van der Waals surface area contributed by atoms with Gasteiger partial charge in [0.05, 0.1) is 16.5 Å². The molecule has 154 valence electrons. The van der Waals surface area contributed by atoms with Crippen molar-refractivity contribution in [2.45, 2.75) is 6.04 Å². The number of nitro benzene ring substituents is 1. The summed E-state index contributed by atoms with van der Waals surface area (Å²) in [5.41, 5.74) is 0.159. The van der Waals surface area contributed by atoms with Crippen LogP contribution in [0.4, 0.5) is 15.8 Å². The second kappa shape index (κ2) is 7.79. The van der Waals surface area contributed by atoms with Gasteiger partial charge in [-0.25, -0.2) is 4.39 Å². The second-order valence-corrected chi connectivity index (χ2v) is 6.74. The lowest BCUT2D eigenvalue weighted by atomic mass is 9.96. The predicted octanol–water partition coefficient (Wildman–Crippen LogP) is 3.76. The number of rotatable bonds is 4. The van der Waals surface area contributed by atoms with E-state index in [0.29, 0.717) is 5.56 Å². The van der Waals surface area contributed by atoms with Crippen LogP contribution in [0.15, 0.2) is 78.6 Å². The van der Waals surface area contributed by atoms with E-state index in [-0.39, 0.29) is 22.5 Å². The molecule has 0 radical (unpaired) electrons. The number of non-ortho nitro benzene ring substituents is 1. The number of aliphatic hydroxyl groups is 1. The highest BCUT2D eigenvalue weighted by Gasteiger charge is 2.47. The molecular weight excluding hydrogens is 405 g/mol. The molecular formula is C22H14FN3O5. The fourth-order valence-corrected chi connectivity index (χ4v) is 3.48. The summed E-state index contributed by atoms with van der Waals surface area (Å²) in [4.78, 5) is 41.5. The van der Waals surface area contributed by atoms with E-state index in [1.807, 2.05) is 0 Å². The van der Waals surface area contributed by atoms with Crippen LogP contribution in [0.1, 0.15) is 17.2 Å². The molecule has 4 rings (SSSR count). The van der Waals surface area contributed by atoms with Gasteiger partial charge >= 0.3 is 0 Å². The van der Waals surface area contributed by atoms with E-state index in [1.165, 1.54) is 42.7 Å². The summed E-state index contributed by atoms with van der Waals surface area (Å²) in [6.45, 7) is 0. The molecule has 2 heterocycles. The molecule has 0 saturated carbocycles. The molecule has 1 amide bonds. The van der Waals surface area contributed by atoms with Gasteiger partial charge in [0.15, 0.2) is 0 Å². The number of anilines is 1. The van der Waals surface area contributed by atoms with Crippen LogP contribution in [-0.4, -0.2) is 26.7 Å². The Hall–Kier alpha value is -4.40. The van der Waals surface area contributed by atoms with Crippen molar-refractivity contribution >= 4 is 28.8 Å². The van der Waals surface area contributed by atoms with Crippen LogP contribution in [0.5, 0.6) is 0 Å². The topological polar surface area (TPSA) is 114 Å². The Labute approximate surface area is 175 Å². The molecule has 3 aromatic rings. The summed E-state index contributed by atoms with van der Waals surface area (Å²) in [6.07, 6.45) is 2.95. The molecule has 1 fully saturated rings. The van der Waals surface area contributed by atoms with Crippen LogP contribution in [0.25, 0.3) is 5.76 Å². The summed E-state index contributed by atoms with van der Waals surface area (Å²) in [7, 11) is 0. The third kappa shape index (κ3) is 3.52. The van der Waals surface area contributed by atoms with Crippen LogP contribution in [0.3, 0.4) is 0 Å². The second-order valence-electron chi connectivity index (χ2n) is 6.74. The molecule has 1 aliphatic heterocycles. The van der Waals surface area contributed by atoms with E-state index in [1.54, 1.807) is 12.1 Å². The van der Waals surface area contributed by atoms with Crippen molar-refractivity contribution in [2.24, 2.45) is 0 Å². The number of amides is 1. The van der Waals surface area contributed by atoms with Crippen molar-refractivity contribution in [3.63, 3.8) is 0 Å². The van der Waals surface area contributed by atoms with Crippen molar-refractivity contribution in [3.8, 4) is 0 Å². The number of nitro groups is 1. The van der Waals surface area contributed by atoms with Crippen molar-refractivity contribution in [2.75, 3.05) is 4.90 Å². The number of aromatic nitrogens is 1. The number of aliphatic hydroxyl groups excluding tert-OH is 1. The number of carbonyl (C=O) groups is 2. The van der Waals surface area contributed by atoms with Gasteiger partial charge < -0.3 is 5.11 Å². The van der Waals surface area contributed by atoms with Gasteiger partial charge in [-0.15, -0.1) is 0 Å². The Kier molecular flexibility index (Phi) is 5.00. The summed E-state index contributed by atoms with van der Waals surface area (Å²) >= 11 is 0. The van der Waals surface area contributed by atoms with E-state index >= 15 is 0 Å². The normalized spacial score (nSPS) is 17.7. The minimum absolute atomic E-state index is 0.0141. The molecule has 1 atom stereocenters. The van der Waals surface area contributed by atoms with Crippen LogP contribution < -0.4 is 4.90 Å². The fourth-order valence-electron chi connectivity index (χ4n) is 3.48. The van der Waals surface area contributed by atoms with Gasteiger partial charge in [0.25, 0.3) is 17.4 Å². The Morgan fingerprint density at radius 3 is 2.48 bits per heavy atom. The Bertz CT molecular complexity index is 1230. The van der Waals surface area contributed by atoms with Gasteiger partial charge in [-0.05, 0) is 35.9 Å². The standard InChI is InChI=1S/C22H14FN3O5/c23-15-6-8-16(9-7-15)25-19(14-4-2-10-24-12-14)18(21(28)22(25)29)20(27)13-3-1-5-17(11-13)26(30)31/h1-12,19,27H/b20-18-. The molecule has 31 heavy (non-hydrogen) atoms. The van der Waals surface area contributed by atoms with E-state index in [9.17, 15) is 29.2 Å². The molecule has 0 spiro atoms. The highest BCUT2D eigenvalue weighted by molar-refractivity contribution is 6.51. The Morgan fingerprint density at radius 2 is 1.84 bits per heavy atom. The third-order valence-corrected chi connectivity index (χ3v) is 4.88. The number of Topliss-reactive ketones (excluding diaryl/α,β-unsaturated/α-hetero) is 1. The van der Waals surface area contributed by atoms with Gasteiger partial charge in [-0.2, -0.15) is 0 Å². The molecule has 1 aliphatic rings. The minimum Gasteiger partial charge on any atom is -0.507 e. The zero-order chi connectivity index (χ0) is 22.1. The van der Waals surface area contributed by atoms with Crippen molar-refractivity contribution in [3.05, 3.63) is 106 Å².